The van der Waals surface area contributed by atoms with E-state index in [2.05, 4.69) is 43.5 Å². The Morgan fingerprint density at radius 1 is 0.699 bits per heavy atom. The number of phosphoric acid groups is 3. The fourth-order valence-corrected chi connectivity index (χ4v) is 12.4. The molecule has 4 rings (SSSR count). The average molecular weight is 1580 g/mol. The molecule has 2 aromatic heterocycles. The summed E-state index contributed by atoms with van der Waals surface area (Å²) in [6.45, 7) is 16.7. The number of thioether (sulfide) groups is 1. The summed E-state index contributed by atoms with van der Waals surface area (Å²) >= 11 is 1.17. The van der Waals surface area contributed by atoms with Crippen LogP contribution < -0.4 is 91.0 Å². The fraction of sp³-hybridized carbons (Fsp3) is 0.825. The van der Waals surface area contributed by atoms with Crippen molar-refractivity contribution in [1.82, 2.24) is 35.1 Å². The predicted octanol–water partition coefficient (Wildman–Crippen LogP) is -8.07. The molecular weight excluding hydrogens is 1480 g/mol. The van der Waals surface area contributed by atoms with Crippen LogP contribution in [0.3, 0.4) is 0 Å². The molecule has 4 heterocycles. The van der Waals surface area contributed by atoms with Crippen LogP contribution in [-0.2, 0) is 117 Å². The number of ether oxygens (including phenoxy) is 13. The monoisotopic (exact) mass is 1580 g/mol. The topological polar surface area (TPSA) is 543 Å². The number of hydrogen-bond acceptors (Lipinski definition) is 35. The van der Waals surface area contributed by atoms with Crippen LogP contribution in [0.5, 0.6) is 0 Å². The summed E-state index contributed by atoms with van der Waals surface area (Å²) in [4.78, 5) is 120. The van der Waals surface area contributed by atoms with Crippen LogP contribution in [0.4, 0.5) is 5.82 Å². The van der Waals surface area contributed by atoms with Gasteiger partial charge in [0, 0.05) is 76.2 Å². The molecule has 0 spiro atoms. The van der Waals surface area contributed by atoms with Gasteiger partial charge in [0.25, 0.3) is 15.6 Å². The van der Waals surface area contributed by atoms with Crippen molar-refractivity contribution in [2.75, 3.05) is 209 Å². The Hall–Kier alpha value is -1.82. The van der Waals surface area contributed by atoms with E-state index in [-0.39, 0.29) is 145 Å². The van der Waals surface area contributed by atoms with Gasteiger partial charge in [-0.1, -0.05) is 13.8 Å². The van der Waals surface area contributed by atoms with Crippen LogP contribution >= 0.6 is 35.2 Å². The molecule has 0 radical (unpaired) electrons. The van der Waals surface area contributed by atoms with Crippen LogP contribution in [0.1, 0.15) is 66.0 Å². The summed E-state index contributed by atoms with van der Waals surface area (Å²) in [7, 11) is -17.2. The summed E-state index contributed by atoms with van der Waals surface area (Å²) in [5.41, 5.74) is 9.37. The van der Waals surface area contributed by atoms with Gasteiger partial charge in [-0.2, -0.15) is 0 Å². The Kier molecular flexibility index (Phi) is 55.1. The van der Waals surface area contributed by atoms with E-state index < -0.39 is 95.7 Å². The Morgan fingerprint density at radius 2 is 1.18 bits per heavy atom. The molecule has 4 amide bonds. The number of likely N-dealkylation sites (tertiary alicyclic amines) is 1. The molecule has 584 valence electrons. The molecular formula is C57H102N9Na2O31P3S. The van der Waals surface area contributed by atoms with Crippen molar-refractivity contribution in [2.45, 2.75) is 95.7 Å². The molecule has 103 heavy (non-hydrogen) atoms. The van der Waals surface area contributed by atoms with E-state index in [9.17, 15) is 67.5 Å². The molecule has 2 aromatic rings. The number of nitrogen functional groups attached to an aromatic ring is 1. The number of imidazole rings is 1. The third-order valence-electron chi connectivity index (χ3n) is 13.8. The number of nitrogens with two attached hydrogens (primary N) is 2. The molecule has 8 atom stereocenters. The smallest absolute Gasteiger partial charge is 0.756 e. The third-order valence-corrected chi connectivity index (χ3v) is 18.0. The molecule has 40 nitrogen and oxygen atoms in total. The van der Waals surface area contributed by atoms with Crippen LogP contribution in [0.25, 0.3) is 11.2 Å². The van der Waals surface area contributed by atoms with Crippen molar-refractivity contribution in [1.29, 1.82) is 0 Å². The molecule has 46 heteroatoms. The number of ketones is 1. The number of nitrogens with zero attached hydrogens (tertiary/aromatic N) is 5. The number of nitrogens with one attached hydrogen (secondary N) is 2. The van der Waals surface area contributed by atoms with Gasteiger partial charge in [0.15, 0.2) is 17.7 Å². The van der Waals surface area contributed by atoms with Crippen molar-refractivity contribution in [3.63, 3.8) is 0 Å². The minimum atomic E-state index is -5.93. The SMILES string of the molecule is CCOCCOCCOCCOCCOCCOCCC(=O)CCCN1C(=O)CC(SCCNC(=O)CCNC(=O)[C@H](O)C(C)(C)COP(=O)([O-])OP(=O)([O-])OC[C@H]2O[C@@H](n3cnc4c(N)ncnc43)[C@@H](O)C2OP(=O)(O)O)C1=O.CCOCCOCCOCCOCCOCCOCCN.[Na+].[Na+]. The quantitative estimate of drug-likeness (QED) is 0.0132. The molecule has 0 aromatic carbocycles. The second-order valence-corrected chi connectivity index (χ2v) is 27.6. The van der Waals surface area contributed by atoms with Gasteiger partial charge in [-0.3, -0.25) is 47.1 Å². The summed E-state index contributed by atoms with van der Waals surface area (Å²) in [6, 6.07) is 0. The number of carbonyl (C=O) groups excluding carboxylic acids is 5. The Balaban J connectivity index is 0.00000198. The van der Waals surface area contributed by atoms with E-state index in [0.29, 0.717) is 158 Å². The zero-order valence-corrected chi connectivity index (χ0v) is 67.0. The minimum Gasteiger partial charge on any atom is -0.756 e. The summed E-state index contributed by atoms with van der Waals surface area (Å²) in [5.74, 6) is -2.23. The zero-order valence-electron chi connectivity index (χ0n) is 59.5. The van der Waals surface area contributed by atoms with Gasteiger partial charge in [-0.25, -0.2) is 23.8 Å². The van der Waals surface area contributed by atoms with Gasteiger partial charge in [-0.15, -0.1) is 11.8 Å². The van der Waals surface area contributed by atoms with Crippen molar-refractivity contribution in [2.24, 2.45) is 11.1 Å². The number of rotatable bonds is 61. The molecule has 0 saturated carbocycles. The first-order valence-electron chi connectivity index (χ1n) is 32.7. The average Bonchev–Trinajstić information content (AvgIpc) is 1.62. The number of anilines is 1. The number of aliphatic hydroxyl groups is 2. The van der Waals surface area contributed by atoms with Gasteiger partial charge in [0.05, 0.1) is 170 Å². The first-order valence-corrected chi connectivity index (χ1v) is 38.2. The van der Waals surface area contributed by atoms with Crippen molar-refractivity contribution >= 4 is 81.6 Å². The zero-order chi connectivity index (χ0) is 74.4. The molecule has 2 aliphatic rings. The molecule has 0 bridgehead atoms. The van der Waals surface area contributed by atoms with Crippen LogP contribution in [0.15, 0.2) is 12.7 Å². The fourth-order valence-electron chi connectivity index (χ4n) is 8.65. The Labute approximate surface area is 647 Å². The largest absolute Gasteiger partial charge is 1.00 e. The van der Waals surface area contributed by atoms with E-state index in [1.165, 1.54) is 25.6 Å². The summed E-state index contributed by atoms with van der Waals surface area (Å²) in [5, 5.41) is 25.8. The first kappa shape index (κ1) is 99.2. The maximum Gasteiger partial charge on any atom is 1.00 e. The molecule has 2 fully saturated rings. The summed E-state index contributed by atoms with van der Waals surface area (Å²) < 4.78 is 125. The van der Waals surface area contributed by atoms with Crippen molar-refractivity contribution in [3.05, 3.63) is 12.7 Å². The van der Waals surface area contributed by atoms with Crippen LogP contribution in [0, 0.1) is 5.41 Å². The molecule has 2 aliphatic heterocycles. The van der Waals surface area contributed by atoms with Gasteiger partial charge in [0.2, 0.25) is 23.6 Å². The maximum absolute atomic E-state index is 12.9. The standard InChI is InChI=1S/C43H73N8O25P3S.C14H31NO6.2Na/c1-4-66-13-14-68-17-18-70-21-22-71-20-19-69-16-15-67-12-8-29(52)6-5-11-50-33(54)24-31(41(50)58)80-23-10-45-32(53)7-9-46-40(57)37(56)43(2,3)26-73-79(64,65)76-78(62,63)72-25-30-36(75-77(59,60)61)35(55)42(74-30)51-28-49-34-38(44)47-27-48-39(34)51;1-2-16-5-6-18-9-10-20-13-14-21-12-11-19-8-7-17-4-3-15;;/h27-28,30-31,35-37,42,55-56H,4-26H2,1-3H3,(H,45,53)(H,46,57)(H,62,63)(H,64,65)(H2,44,47,48)(H2,59,60,61);2-15H2,1H3;;/q;;2*+1/p-2/t30-,31?,35+,36?,37+,42-;;;/m1.../s1. The number of aromatic nitrogens is 4. The normalized spacial score (nSPS) is 18.4. The minimum absolute atomic E-state index is 0. The van der Waals surface area contributed by atoms with Gasteiger partial charge >= 0.3 is 66.9 Å². The molecule has 0 aliphatic carbocycles. The Morgan fingerprint density at radius 3 is 1.68 bits per heavy atom. The number of amides is 4. The van der Waals surface area contributed by atoms with Crippen molar-refractivity contribution in [3.8, 4) is 0 Å². The van der Waals surface area contributed by atoms with Gasteiger partial charge in [-0.05, 0) is 20.3 Å². The van der Waals surface area contributed by atoms with Crippen LogP contribution in [0.2, 0.25) is 0 Å². The molecule has 4 unspecified atom stereocenters. The number of carbonyl (C=O) groups is 5. The van der Waals surface area contributed by atoms with E-state index in [1.54, 1.807) is 0 Å². The number of phosphoric ester groups is 3. The third kappa shape index (κ3) is 44.0. The Bertz CT molecular complexity index is 2800. The van der Waals surface area contributed by atoms with Gasteiger partial charge in [0.1, 0.15) is 42.0 Å². The van der Waals surface area contributed by atoms with E-state index in [1.807, 2.05) is 13.8 Å². The number of Topliss-reactive ketones (excluding diaryl/α,β-unsaturated/α-hetero) is 1. The number of imide groups is 1. The van der Waals surface area contributed by atoms with E-state index in [4.69, 9.17) is 73.0 Å². The van der Waals surface area contributed by atoms with Crippen molar-refractivity contribution < 1.29 is 206 Å². The van der Waals surface area contributed by atoms with E-state index in [0.717, 1.165) is 28.7 Å². The number of hydrogen-bond donors (Lipinski definition) is 8. The number of aliphatic hydroxyl groups excluding tert-OH is 2. The van der Waals surface area contributed by atoms with E-state index >= 15 is 0 Å². The number of fused-ring (bicyclic) bond motifs is 1. The molecule has 10 N–H and O–H groups in total. The second kappa shape index (κ2) is 57.3. The second-order valence-electron chi connectivity index (χ2n) is 22.2. The first-order chi connectivity index (χ1) is 48.3. The van der Waals surface area contributed by atoms with Gasteiger partial charge < -0.3 is 123 Å². The summed E-state index contributed by atoms with van der Waals surface area (Å²) in [6.07, 6.45) is -6.85. The maximum atomic E-state index is 12.9. The van der Waals surface area contributed by atoms with Crippen LogP contribution in [-0.4, -0.2) is 307 Å². The predicted molar refractivity (Wildman–Crippen MR) is 352 cm³/mol. The molecule has 2 saturated heterocycles.